The summed E-state index contributed by atoms with van der Waals surface area (Å²) in [4.78, 5) is 2.35. The van der Waals surface area contributed by atoms with Crippen LogP contribution in [-0.4, -0.2) is 9.13 Å². The van der Waals surface area contributed by atoms with E-state index >= 15 is 0 Å². The molecule has 0 spiro atoms. The molecule has 0 bridgehead atoms. The quantitative estimate of drug-likeness (QED) is 0.112. The van der Waals surface area contributed by atoms with Gasteiger partial charge in [0, 0.05) is 50.0 Å². The molecule has 14 aromatic rings. The van der Waals surface area contributed by atoms with Gasteiger partial charge in [0.05, 0.1) is 22.1 Å². The molecule has 3 heteroatoms. The Bertz CT molecular complexity index is 4410. The Hall–Kier alpha value is -9.96. The number of hydrogen-bond donors (Lipinski definition) is 0. The maximum atomic E-state index is 2.39. The van der Waals surface area contributed by atoms with Gasteiger partial charge in [-0.1, -0.05) is 213 Å². The number of benzene rings is 12. The third-order valence-corrected chi connectivity index (χ3v) is 16.3. The molecular weight excluding hydrogens is 955 g/mol. The molecule has 0 fully saturated rings. The molecular formula is C76H57N3. The van der Waals surface area contributed by atoms with Crippen molar-refractivity contribution in [2.45, 2.75) is 25.2 Å². The van der Waals surface area contributed by atoms with Crippen LogP contribution in [-0.2, 0) is 6.42 Å². The molecule has 0 aliphatic heterocycles. The molecule has 0 radical (unpaired) electrons. The maximum absolute atomic E-state index is 2.39. The number of fused-ring (bicyclic) bond motifs is 6. The molecule has 2 heterocycles. The minimum Gasteiger partial charge on any atom is -0.311 e. The van der Waals surface area contributed by atoms with Gasteiger partial charge in [-0.3, -0.25) is 0 Å². The lowest BCUT2D eigenvalue weighted by Crippen LogP contribution is -2.12. The summed E-state index contributed by atoms with van der Waals surface area (Å²) in [5.41, 5.74) is 21.8. The Balaban J connectivity index is 0.702. The van der Waals surface area contributed by atoms with Gasteiger partial charge in [-0.25, -0.2) is 0 Å². The second kappa shape index (κ2) is 20.5. The van der Waals surface area contributed by atoms with E-state index in [0.717, 1.165) is 23.5 Å². The third-order valence-electron chi connectivity index (χ3n) is 16.3. The molecule has 0 saturated carbocycles. The van der Waals surface area contributed by atoms with E-state index in [4.69, 9.17) is 0 Å². The predicted octanol–water partition coefficient (Wildman–Crippen LogP) is 20.5. The fraction of sp³-hybridized carbons (Fsp3) is 0.0526. The van der Waals surface area contributed by atoms with Crippen molar-refractivity contribution in [3.8, 4) is 44.8 Å². The van der Waals surface area contributed by atoms with Crippen molar-refractivity contribution in [2.75, 3.05) is 4.90 Å². The lowest BCUT2D eigenvalue weighted by molar-refractivity contribution is 0.572. The molecule has 0 N–H and O–H groups in total. The van der Waals surface area contributed by atoms with Gasteiger partial charge in [0.25, 0.3) is 0 Å². The van der Waals surface area contributed by atoms with Crippen LogP contribution in [0.1, 0.15) is 35.4 Å². The van der Waals surface area contributed by atoms with Crippen LogP contribution in [0.3, 0.4) is 0 Å². The Labute approximate surface area is 462 Å². The summed E-state index contributed by atoms with van der Waals surface area (Å²) in [7, 11) is 0. The first-order chi connectivity index (χ1) is 39.1. The first-order valence-corrected chi connectivity index (χ1v) is 27.6. The average molecular weight is 1010 g/mol. The van der Waals surface area contributed by atoms with Gasteiger partial charge < -0.3 is 14.0 Å². The third kappa shape index (κ3) is 8.95. The van der Waals surface area contributed by atoms with E-state index in [2.05, 4.69) is 324 Å². The Morgan fingerprint density at radius 1 is 0.291 bits per heavy atom. The second-order valence-electron chi connectivity index (χ2n) is 20.9. The zero-order chi connectivity index (χ0) is 52.7. The highest BCUT2D eigenvalue weighted by atomic mass is 15.1. The highest BCUT2D eigenvalue weighted by Crippen LogP contribution is 2.41. The molecule has 0 saturated heterocycles. The van der Waals surface area contributed by atoms with Crippen LogP contribution in [0.5, 0.6) is 0 Å². The molecule has 14 rings (SSSR count). The van der Waals surface area contributed by atoms with Crippen molar-refractivity contribution in [3.05, 3.63) is 320 Å². The minimum atomic E-state index is 0.290. The second-order valence-corrected chi connectivity index (χ2v) is 20.9. The average Bonchev–Trinajstić information content (AvgIpc) is 4.28. The predicted molar refractivity (Wildman–Crippen MR) is 334 cm³/mol. The first kappa shape index (κ1) is 47.5. The molecule has 2 aromatic heterocycles. The van der Waals surface area contributed by atoms with Crippen molar-refractivity contribution in [2.24, 2.45) is 0 Å². The molecule has 0 amide bonds. The summed E-state index contributed by atoms with van der Waals surface area (Å²) in [6, 6.07) is 111. The van der Waals surface area contributed by atoms with Crippen LogP contribution in [0, 0.1) is 0 Å². The van der Waals surface area contributed by atoms with E-state index in [1.165, 1.54) is 105 Å². The van der Waals surface area contributed by atoms with Crippen LogP contribution in [0.2, 0.25) is 0 Å². The lowest BCUT2D eigenvalue weighted by Gasteiger charge is -2.26. The Morgan fingerprint density at radius 2 is 0.646 bits per heavy atom. The summed E-state index contributed by atoms with van der Waals surface area (Å²) < 4.78 is 4.75. The Morgan fingerprint density at radius 3 is 1.13 bits per heavy atom. The molecule has 12 aromatic carbocycles. The number of para-hydroxylation sites is 5. The number of anilines is 3. The molecule has 2 unspecified atom stereocenters. The van der Waals surface area contributed by atoms with Gasteiger partial charge in [-0.05, 0) is 165 Å². The van der Waals surface area contributed by atoms with E-state index < -0.39 is 0 Å². The minimum absolute atomic E-state index is 0.290. The monoisotopic (exact) mass is 1010 g/mol. The van der Waals surface area contributed by atoms with Gasteiger partial charge in [0.15, 0.2) is 0 Å². The SMILES string of the molecule is CC(c1ccc(-c2ccc(N(c3ccccc3)c3ccc(-c4ccc5c(c4)c4ccccc4n5-c4ccccc4)cc3)cc2)cc1)C(Cc1ccc(-c2ccc3c(c2)c2ccccc2n3-c2ccccc2)cc1)c1ccccc1. The zero-order valence-corrected chi connectivity index (χ0v) is 44.1. The summed E-state index contributed by atoms with van der Waals surface area (Å²) in [6.45, 7) is 2.39. The normalized spacial score (nSPS) is 12.3. The van der Waals surface area contributed by atoms with Crippen LogP contribution in [0.15, 0.2) is 303 Å². The molecule has 3 nitrogen and oxygen atoms in total. The lowest BCUT2D eigenvalue weighted by atomic mass is 9.78. The topological polar surface area (TPSA) is 13.1 Å². The van der Waals surface area contributed by atoms with Gasteiger partial charge in [0.1, 0.15) is 0 Å². The zero-order valence-electron chi connectivity index (χ0n) is 44.1. The largest absolute Gasteiger partial charge is 0.311 e. The summed E-state index contributed by atoms with van der Waals surface area (Å²) >= 11 is 0. The Kier molecular flexibility index (Phi) is 12.3. The summed E-state index contributed by atoms with van der Waals surface area (Å²) in [5.74, 6) is 0.588. The summed E-state index contributed by atoms with van der Waals surface area (Å²) in [6.07, 6.45) is 0.940. The van der Waals surface area contributed by atoms with E-state index in [1.807, 2.05) is 0 Å². The summed E-state index contributed by atoms with van der Waals surface area (Å²) in [5, 5.41) is 5.04. The number of nitrogens with zero attached hydrogens (tertiary/aromatic N) is 3. The standard InChI is InChI=1S/C76H57N3/c1-53(70(60-18-6-2-7-19-60)50-54-30-32-58(33-31-54)61-42-48-75-71(51-61)68-26-14-16-28-73(68)78(75)64-22-10-4-11-23-64)55-34-36-56(37-35-55)57-38-44-66(45-39-57)77(63-20-8-3-9-21-63)67-46-40-59(41-47-67)62-43-49-76-72(52-62)69-27-15-17-29-74(69)79(76)65-24-12-5-13-25-65/h2-49,51-53,70H,50H2,1H3. The molecule has 0 aliphatic rings. The molecule has 2 atom stereocenters. The first-order valence-electron chi connectivity index (χ1n) is 27.6. The van der Waals surface area contributed by atoms with Crippen molar-refractivity contribution in [1.82, 2.24) is 9.13 Å². The van der Waals surface area contributed by atoms with Crippen molar-refractivity contribution >= 4 is 60.7 Å². The maximum Gasteiger partial charge on any atom is 0.0541 e. The van der Waals surface area contributed by atoms with Crippen LogP contribution in [0.25, 0.3) is 88.4 Å². The molecule has 376 valence electrons. The van der Waals surface area contributed by atoms with E-state index in [1.54, 1.807) is 0 Å². The van der Waals surface area contributed by atoms with Crippen LogP contribution in [0.4, 0.5) is 17.1 Å². The smallest absolute Gasteiger partial charge is 0.0541 e. The highest BCUT2D eigenvalue weighted by Gasteiger charge is 2.23. The highest BCUT2D eigenvalue weighted by molar-refractivity contribution is 6.11. The van der Waals surface area contributed by atoms with Crippen LogP contribution >= 0.6 is 0 Å². The van der Waals surface area contributed by atoms with Gasteiger partial charge >= 0.3 is 0 Å². The van der Waals surface area contributed by atoms with Crippen molar-refractivity contribution < 1.29 is 0 Å². The van der Waals surface area contributed by atoms with E-state index in [9.17, 15) is 0 Å². The van der Waals surface area contributed by atoms with E-state index in [0.29, 0.717) is 5.92 Å². The number of aromatic nitrogens is 2. The number of hydrogen-bond acceptors (Lipinski definition) is 1. The molecule has 0 aliphatic carbocycles. The van der Waals surface area contributed by atoms with Crippen molar-refractivity contribution in [1.29, 1.82) is 0 Å². The fourth-order valence-corrected chi connectivity index (χ4v) is 12.2. The van der Waals surface area contributed by atoms with Gasteiger partial charge in [0.2, 0.25) is 0 Å². The van der Waals surface area contributed by atoms with Crippen molar-refractivity contribution in [3.63, 3.8) is 0 Å². The van der Waals surface area contributed by atoms with Crippen LogP contribution < -0.4 is 4.90 Å². The van der Waals surface area contributed by atoms with Gasteiger partial charge in [-0.15, -0.1) is 0 Å². The van der Waals surface area contributed by atoms with E-state index in [-0.39, 0.29) is 5.92 Å². The van der Waals surface area contributed by atoms with Gasteiger partial charge in [-0.2, -0.15) is 0 Å². The molecule has 79 heavy (non-hydrogen) atoms. The number of rotatable bonds is 13. The fourth-order valence-electron chi connectivity index (χ4n) is 12.2.